The molecule has 0 saturated carbocycles. The van der Waals surface area contributed by atoms with E-state index in [9.17, 15) is 22.4 Å². The Kier molecular flexibility index (Phi) is 4.29. The summed E-state index contributed by atoms with van der Waals surface area (Å²) in [6, 6.07) is 2.16. The van der Waals surface area contributed by atoms with E-state index in [2.05, 4.69) is 15.6 Å². The van der Waals surface area contributed by atoms with Crippen LogP contribution in [0.1, 0.15) is 16.1 Å². The number of aromatic nitrogens is 3. The molecule has 1 heterocycles. The normalized spacial score (nSPS) is 11.5. The summed E-state index contributed by atoms with van der Waals surface area (Å²) in [6.07, 6.45) is -3.42. The van der Waals surface area contributed by atoms with E-state index in [4.69, 9.17) is 5.11 Å². The topological polar surface area (TPSA) is 80.0 Å². The molecule has 0 bridgehead atoms. The van der Waals surface area contributed by atoms with Crippen LogP contribution >= 0.6 is 0 Å². The lowest BCUT2D eigenvalue weighted by atomic mass is 10.2. The molecule has 0 saturated heterocycles. The van der Waals surface area contributed by atoms with Crippen LogP contribution in [0.4, 0.5) is 23.2 Å². The third-order valence-electron chi connectivity index (χ3n) is 2.71. The minimum absolute atomic E-state index is 0.0911. The van der Waals surface area contributed by atoms with Gasteiger partial charge >= 0.3 is 12.1 Å². The van der Waals surface area contributed by atoms with Crippen molar-refractivity contribution in [1.82, 2.24) is 15.0 Å². The molecule has 0 spiro atoms. The molecule has 2 rings (SSSR count). The molecule has 22 heavy (non-hydrogen) atoms. The van der Waals surface area contributed by atoms with Gasteiger partial charge in [0.1, 0.15) is 5.82 Å². The molecule has 118 valence electrons. The first-order valence-corrected chi connectivity index (χ1v) is 6.01. The number of hydrogen-bond acceptors (Lipinski definition) is 4. The average molecular weight is 318 g/mol. The second kappa shape index (κ2) is 6.00. The Hall–Kier alpha value is -2.65. The van der Waals surface area contributed by atoms with Gasteiger partial charge in [0.15, 0.2) is 5.69 Å². The zero-order valence-corrected chi connectivity index (χ0v) is 10.9. The van der Waals surface area contributed by atoms with Crippen LogP contribution in [-0.4, -0.2) is 32.6 Å². The highest BCUT2D eigenvalue weighted by molar-refractivity contribution is 5.84. The lowest BCUT2D eigenvalue weighted by molar-refractivity contribution is -0.137. The molecular weight excluding hydrogens is 308 g/mol. The van der Waals surface area contributed by atoms with Crippen molar-refractivity contribution < 1.29 is 27.5 Å². The van der Waals surface area contributed by atoms with Gasteiger partial charge in [-0.1, -0.05) is 5.21 Å². The predicted octanol–water partition coefficient (Wildman–Crippen LogP) is 2.25. The van der Waals surface area contributed by atoms with Crippen LogP contribution in [0.25, 0.3) is 0 Å². The molecule has 0 aliphatic carbocycles. The molecule has 0 amide bonds. The van der Waals surface area contributed by atoms with Gasteiger partial charge in [-0.3, -0.25) is 0 Å². The van der Waals surface area contributed by atoms with Gasteiger partial charge < -0.3 is 10.4 Å². The Bertz CT molecular complexity index is 684. The third-order valence-corrected chi connectivity index (χ3v) is 2.71. The number of nitrogens with zero attached hydrogens (tertiary/aromatic N) is 3. The summed E-state index contributed by atoms with van der Waals surface area (Å²) < 4.78 is 51.9. The van der Waals surface area contributed by atoms with Crippen molar-refractivity contribution in [2.45, 2.75) is 12.7 Å². The predicted molar refractivity (Wildman–Crippen MR) is 66.9 cm³/mol. The van der Waals surface area contributed by atoms with Crippen molar-refractivity contribution in [1.29, 1.82) is 0 Å². The molecular formula is C12H10F4N4O2. The molecule has 2 aromatic rings. The lowest BCUT2D eigenvalue weighted by Crippen LogP contribution is -2.13. The standard InChI is InChI=1S/C12H10F4N4O2/c13-8-5-7(12(14,15)16)1-2-9(8)17-3-4-20-6-10(11(21)22)18-19-20/h1-2,5-6,17H,3-4H2,(H,21,22). The highest BCUT2D eigenvalue weighted by atomic mass is 19.4. The van der Waals surface area contributed by atoms with E-state index in [1.165, 1.54) is 10.9 Å². The molecule has 1 aromatic carbocycles. The van der Waals surface area contributed by atoms with Gasteiger partial charge in [0.05, 0.1) is 24.0 Å². The summed E-state index contributed by atoms with van der Waals surface area (Å²) in [7, 11) is 0. The number of carboxylic acid groups (broad SMARTS) is 1. The lowest BCUT2D eigenvalue weighted by Gasteiger charge is -2.10. The van der Waals surface area contributed by atoms with Gasteiger partial charge in [0.2, 0.25) is 0 Å². The quantitative estimate of drug-likeness (QED) is 0.827. The molecule has 0 unspecified atom stereocenters. The number of anilines is 1. The fraction of sp³-hybridized carbons (Fsp3) is 0.250. The van der Waals surface area contributed by atoms with Gasteiger partial charge in [-0.05, 0) is 18.2 Å². The molecule has 1 aromatic heterocycles. The number of aromatic carboxylic acids is 1. The summed E-state index contributed by atoms with van der Waals surface area (Å²) in [6.45, 7) is 0.297. The largest absolute Gasteiger partial charge is 0.476 e. The number of halogens is 4. The number of nitrogens with one attached hydrogen (secondary N) is 1. The number of carbonyl (C=O) groups is 1. The van der Waals surface area contributed by atoms with Crippen molar-refractivity contribution in [2.24, 2.45) is 0 Å². The van der Waals surface area contributed by atoms with Crippen LogP contribution in [-0.2, 0) is 12.7 Å². The minimum Gasteiger partial charge on any atom is -0.476 e. The maximum Gasteiger partial charge on any atom is 0.416 e. The zero-order valence-electron chi connectivity index (χ0n) is 10.9. The van der Waals surface area contributed by atoms with E-state index >= 15 is 0 Å². The van der Waals surface area contributed by atoms with Gasteiger partial charge in [-0.2, -0.15) is 13.2 Å². The summed E-state index contributed by atoms with van der Waals surface area (Å²) in [5.74, 6) is -2.26. The smallest absolute Gasteiger partial charge is 0.416 e. The Labute approximate surface area is 121 Å². The summed E-state index contributed by atoms with van der Waals surface area (Å²) in [5, 5.41) is 18.2. The molecule has 2 N–H and O–H groups in total. The van der Waals surface area contributed by atoms with E-state index in [1.54, 1.807) is 0 Å². The number of rotatable bonds is 5. The van der Waals surface area contributed by atoms with Crippen LogP contribution < -0.4 is 5.32 Å². The van der Waals surface area contributed by atoms with Gasteiger partial charge in [0.25, 0.3) is 0 Å². The molecule has 0 aliphatic rings. The van der Waals surface area contributed by atoms with E-state index in [-0.39, 0.29) is 24.5 Å². The summed E-state index contributed by atoms with van der Waals surface area (Å²) in [5.41, 5.74) is -1.40. The van der Waals surface area contributed by atoms with E-state index in [1.807, 2.05) is 0 Å². The molecule has 0 radical (unpaired) electrons. The van der Waals surface area contributed by atoms with Crippen LogP contribution in [0, 0.1) is 5.82 Å². The van der Waals surface area contributed by atoms with Crippen molar-refractivity contribution in [3.63, 3.8) is 0 Å². The second-order valence-electron chi connectivity index (χ2n) is 4.29. The average Bonchev–Trinajstić information content (AvgIpc) is 2.88. The maximum atomic E-state index is 13.5. The fourth-order valence-electron chi connectivity index (χ4n) is 1.65. The molecule has 0 atom stereocenters. The number of hydrogen-bond donors (Lipinski definition) is 2. The Balaban J connectivity index is 1.95. The molecule has 10 heteroatoms. The first-order chi connectivity index (χ1) is 10.3. The zero-order chi connectivity index (χ0) is 16.3. The third kappa shape index (κ3) is 3.71. The number of alkyl halides is 3. The minimum atomic E-state index is -4.60. The van der Waals surface area contributed by atoms with E-state index in [0.717, 1.165) is 12.1 Å². The van der Waals surface area contributed by atoms with Gasteiger partial charge in [-0.25, -0.2) is 13.9 Å². The highest BCUT2D eigenvalue weighted by Crippen LogP contribution is 2.31. The Morgan fingerprint density at radius 3 is 2.64 bits per heavy atom. The summed E-state index contributed by atoms with van der Waals surface area (Å²) >= 11 is 0. The fourth-order valence-corrected chi connectivity index (χ4v) is 1.65. The second-order valence-corrected chi connectivity index (χ2v) is 4.29. The maximum absolute atomic E-state index is 13.5. The van der Waals surface area contributed by atoms with Gasteiger partial charge in [0, 0.05) is 6.54 Å². The van der Waals surface area contributed by atoms with Crippen LogP contribution in [0.3, 0.4) is 0 Å². The van der Waals surface area contributed by atoms with Gasteiger partial charge in [-0.15, -0.1) is 5.10 Å². The molecule has 6 nitrogen and oxygen atoms in total. The number of benzene rings is 1. The highest BCUT2D eigenvalue weighted by Gasteiger charge is 2.31. The Morgan fingerprint density at radius 2 is 2.09 bits per heavy atom. The number of carboxylic acids is 1. The Morgan fingerprint density at radius 1 is 1.36 bits per heavy atom. The van der Waals surface area contributed by atoms with Crippen molar-refractivity contribution in [3.8, 4) is 0 Å². The first-order valence-electron chi connectivity index (χ1n) is 6.01. The van der Waals surface area contributed by atoms with Crippen molar-refractivity contribution in [2.75, 3.05) is 11.9 Å². The molecule has 0 aliphatic heterocycles. The van der Waals surface area contributed by atoms with E-state index < -0.39 is 23.5 Å². The SMILES string of the molecule is O=C(O)c1cn(CCNc2ccc(C(F)(F)F)cc2F)nn1. The van der Waals surface area contributed by atoms with Crippen LogP contribution in [0.2, 0.25) is 0 Å². The van der Waals surface area contributed by atoms with Crippen LogP contribution in [0.5, 0.6) is 0 Å². The first kappa shape index (κ1) is 15.7. The van der Waals surface area contributed by atoms with Crippen molar-refractivity contribution >= 4 is 11.7 Å². The van der Waals surface area contributed by atoms with Crippen LogP contribution in [0.15, 0.2) is 24.4 Å². The monoisotopic (exact) mass is 318 g/mol. The summed E-state index contributed by atoms with van der Waals surface area (Å²) in [4.78, 5) is 10.6. The van der Waals surface area contributed by atoms with E-state index in [0.29, 0.717) is 6.07 Å². The van der Waals surface area contributed by atoms with Crippen molar-refractivity contribution in [3.05, 3.63) is 41.5 Å². The molecule has 0 fully saturated rings.